The first-order chi connectivity index (χ1) is 12.0. The summed E-state index contributed by atoms with van der Waals surface area (Å²) in [7, 11) is 0. The highest BCUT2D eigenvalue weighted by molar-refractivity contribution is 5.92. The normalized spacial score (nSPS) is 56.5. The van der Waals surface area contributed by atoms with Gasteiger partial charge < -0.3 is 14.9 Å². The van der Waals surface area contributed by atoms with E-state index >= 15 is 0 Å². The summed E-state index contributed by atoms with van der Waals surface area (Å²) in [4.78, 5) is 38.0. The van der Waals surface area contributed by atoms with Crippen molar-refractivity contribution in [3.8, 4) is 0 Å². The monoisotopic (exact) mass is 364 g/mol. The maximum atomic E-state index is 13.3. The summed E-state index contributed by atoms with van der Waals surface area (Å²) in [6.07, 6.45) is -1.85. The average molecular weight is 364 g/mol. The number of hydrogen-bond acceptors (Lipinski definition) is 6. The molecule has 3 saturated carbocycles. The Balaban J connectivity index is 1.92. The highest BCUT2D eigenvalue weighted by Gasteiger charge is 2.73. The van der Waals surface area contributed by atoms with E-state index in [0.717, 1.165) is 0 Å². The van der Waals surface area contributed by atoms with Gasteiger partial charge in [-0.25, -0.2) is 0 Å². The van der Waals surface area contributed by atoms with Gasteiger partial charge in [0.15, 0.2) is 11.6 Å². The van der Waals surface area contributed by atoms with Gasteiger partial charge >= 0.3 is 5.97 Å². The van der Waals surface area contributed by atoms with Crippen LogP contribution in [0.4, 0.5) is 0 Å². The molecule has 6 heteroatoms. The number of aliphatic hydroxyl groups is 2. The first kappa shape index (κ1) is 18.1. The van der Waals surface area contributed by atoms with E-state index in [-0.39, 0.29) is 54.0 Å². The van der Waals surface area contributed by atoms with E-state index in [0.29, 0.717) is 6.42 Å². The highest BCUT2D eigenvalue weighted by atomic mass is 16.5. The Morgan fingerprint density at radius 3 is 2.31 bits per heavy atom. The quantitative estimate of drug-likeness (QED) is 0.625. The molecule has 10 atom stereocenters. The Morgan fingerprint density at radius 2 is 1.65 bits per heavy atom. The predicted octanol–water partition coefficient (Wildman–Crippen LogP) is 1.12. The van der Waals surface area contributed by atoms with Gasteiger partial charge in [-0.1, -0.05) is 27.7 Å². The van der Waals surface area contributed by atoms with Crippen molar-refractivity contribution in [2.24, 2.45) is 40.4 Å². The van der Waals surface area contributed by atoms with Gasteiger partial charge in [-0.15, -0.1) is 0 Å². The minimum absolute atomic E-state index is 0.0104. The number of ether oxygens (including phenoxy) is 1. The molecule has 0 amide bonds. The number of hydrogen-bond donors (Lipinski definition) is 2. The summed E-state index contributed by atoms with van der Waals surface area (Å²) in [5.74, 6) is -2.22. The Labute approximate surface area is 153 Å². The van der Waals surface area contributed by atoms with E-state index < -0.39 is 35.1 Å². The van der Waals surface area contributed by atoms with Crippen LogP contribution in [0.25, 0.3) is 0 Å². The zero-order chi connectivity index (χ0) is 19.2. The zero-order valence-electron chi connectivity index (χ0n) is 15.8. The maximum Gasteiger partial charge on any atom is 0.306 e. The van der Waals surface area contributed by atoms with Gasteiger partial charge in [-0.2, -0.15) is 0 Å². The molecule has 6 nitrogen and oxygen atoms in total. The van der Waals surface area contributed by atoms with Gasteiger partial charge in [-0.05, 0) is 30.1 Å². The average Bonchev–Trinajstić information content (AvgIpc) is 2.56. The molecule has 0 aromatic carbocycles. The van der Waals surface area contributed by atoms with Gasteiger partial charge in [-0.3, -0.25) is 14.4 Å². The second-order valence-electron chi connectivity index (χ2n) is 9.55. The summed E-state index contributed by atoms with van der Waals surface area (Å²) in [6.45, 7) is 7.56. The summed E-state index contributed by atoms with van der Waals surface area (Å²) in [5, 5.41) is 21.5. The van der Waals surface area contributed by atoms with E-state index in [9.17, 15) is 24.6 Å². The highest BCUT2D eigenvalue weighted by Crippen LogP contribution is 2.67. The van der Waals surface area contributed by atoms with E-state index in [2.05, 4.69) is 0 Å². The van der Waals surface area contributed by atoms with Crippen LogP contribution >= 0.6 is 0 Å². The van der Waals surface area contributed by atoms with Crippen molar-refractivity contribution in [3.63, 3.8) is 0 Å². The summed E-state index contributed by atoms with van der Waals surface area (Å²) in [6, 6.07) is 0. The Bertz CT molecular complexity index is 688. The van der Waals surface area contributed by atoms with Crippen LogP contribution in [-0.2, 0) is 19.1 Å². The van der Waals surface area contributed by atoms with Crippen LogP contribution < -0.4 is 0 Å². The number of fused-ring (bicyclic) bond motifs is 2. The Kier molecular flexibility index (Phi) is 3.75. The van der Waals surface area contributed by atoms with Crippen LogP contribution in [0.2, 0.25) is 0 Å². The fourth-order valence-corrected chi connectivity index (χ4v) is 7.18. The third-order valence-corrected chi connectivity index (χ3v) is 8.48. The molecule has 144 valence electrons. The molecular weight excluding hydrogens is 336 g/mol. The first-order valence-electron chi connectivity index (χ1n) is 9.66. The minimum Gasteiger partial charge on any atom is -0.462 e. The molecule has 4 aliphatic rings. The second-order valence-corrected chi connectivity index (χ2v) is 9.55. The third-order valence-electron chi connectivity index (χ3n) is 8.48. The molecule has 0 aromatic rings. The van der Waals surface area contributed by atoms with E-state index in [1.807, 2.05) is 27.7 Å². The zero-order valence-corrected chi connectivity index (χ0v) is 15.8. The Morgan fingerprint density at radius 1 is 1.00 bits per heavy atom. The van der Waals surface area contributed by atoms with Crippen LogP contribution in [0.15, 0.2) is 0 Å². The summed E-state index contributed by atoms with van der Waals surface area (Å²) in [5.41, 5.74) is -1.62. The molecule has 3 aliphatic carbocycles. The van der Waals surface area contributed by atoms with Gasteiger partial charge in [0.05, 0.1) is 0 Å². The molecule has 1 heterocycles. The van der Waals surface area contributed by atoms with Crippen molar-refractivity contribution in [1.82, 2.24) is 0 Å². The predicted molar refractivity (Wildman–Crippen MR) is 90.8 cm³/mol. The van der Waals surface area contributed by atoms with Gasteiger partial charge in [0, 0.05) is 29.6 Å². The van der Waals surface area contributed by atoms with E-state index in [1.165, 1.54) is 0 Å². The van der Waals surface area contributed by atoms with Crippen molar-refractivity contribution < 1.29 is 29.3 Å². The van der Waals surface area contributed by atoms with Crippen molar-refractivity contribution in [2.45, 2.75) is 65.3 Å². The number of esters is 1. The molecule has 0 unspecified atom stereocenters. The molecule has 0 spiro atoms. The second kappa shape index (κ2) is 5.38. The van der Waals surface area contributed by atoms with Crippen LogP contribution in [0.3, 0.4) is 0 Å². The van der Waals surface area contributed by atoms with Crippen molar-refractivity contribution in [2.75, 3.05) is 0 Å². The third kappa shape index (κ3) is 1.92. The van der Waals surface area contributed by atoms with E-state index in [1.54, 1.807) is 0 Å². The number of Topliss-reactive ketones (excluding diaryl/α,β-unsaturated/α-hetero) is 2. The molecule has 2 N–H and O–H groups in total. The maximum absolute atomic E-state index is 13.3. The lowest BCUT2D eigenvalue weighted by molar-refractivity contribution is -0.258. The molecule has 26 heavy (non-hydrogen) atoms. The molecule has 0 bridgehead atoms. The van der Waals surface area contributed by atoms with Gasteiger partial charge in [0.2, 0.25) is 0 Å². The smallest absolute Gasteiger partial charge is 0.306 e. The van der Waals surface area contributed by atoms with Crippen molar-refractivity contribution >= 4 is 17.5 Å². The minimum atomic E-state index is -1.23. The number of ketones is 2. The van der Waals surface area contributed by atoms with Crippen molar-refractivity contribution in [1.29, 1.82) is 0 Å². The number of rotatable bonds is 0. The molecule has 4 rings (SSSR count). The fourth-order valence-electron chi connectivity index (χ4n) is 7.18. The lowest BCUT2D eigenvalue weighted by Gasteiger charge is -2.67. The fraction of sp³-hybridized carbons (Fsp3) is 0.850. The molecule has 0 radical (unpaired) electrons. The lowest BCUT2D eigenvalue weighted by Crippen LogP contribution is -2.74. The summed E-state index contributed by atoms with van der Waals surface area (Å²) < 4.78 is 5.73. The van der Waals surface area contributed by atoms with Crippen LogP contribution in [0.1, 0.15) is 47.0 Å². The number of carbonyl (C=O) groups is 3. The molecular formula is C20H28O6. The molecule has 1 saturated heterocycles. The SMILES string of the molecule is C[C@H]1[C@H](O)C(=O)[C@@H]2[C@@]3(C)[C@H](O)C(=O)C[C@@H](C)[C@@H]3C[C@H]3OC(=O)C[C@@H]1[C@@]23C. The van der Waals surface area contributed by atoms with Crippen LogP contribution in [0.5, 0.6) is 0 Å². The van der Waals surface area contributed by atoms with Crippen LogP contribution in [-0.4, -0.2) is 46.1 Å². The standard InChI is InChI=1S/C20H28O6/c1-8-5-12(21)18(25)20(4)10(8)6-13-19(3)11(7-14(22)26-13)9(2)15(23)16(24)17(19)20/h8-11,13,15,17-18,23,25H,5-7H2,1-4H3/t8-,9-,10+,11+,13-,15+,17+,18-,19-,20+/m1/s1. The van der Waals surface area contributed by atoms with Crippen molar-refractivity contribution in [3.05, 3.63) is 0 Å². The number of carbonyl (C=O) groups excluding carboxylic acids is 3. The molecule has 0 aromatic heterocycles. The topological polar surface area (TPSA) is 101 Å². The summed E-state index contributed by atoms with van der Waals surface area (Å²) >= 11 is 0. The van der Waals surface area contributed by atoms with Crippen LogP contribution in [0, 0.1) is 40.4 Å². The lowest BCUT2D eigenvalue weighted by atomic mass is 9.37. The number of aliphatic hydroxyl groups excluding tert-OH is 2. The van der Waals surface area contributed by atoms with Gasteiger partial charge in [0.1, 0.15) is 18.3 Å². The van der Waals surface area contributed by atoms with E-state index in [4.69, 9.17) is 4.74 Å². The first-order valence-corrected chi connectivity index (χ1v) is 9.66. The molecule has 1 aliphatic heterocycles. The largest absolute Gasteiger partial charge is 0.462 e. The van der Waals surface area contributed by atoms with Gasteiger partial charge in [0.25, 0.3) is 0 Å². The Hall–Kier alpha value is -1.27. The molecule has 4 fully saturated rings.